The summed E-state index contributed by atoms with van der Waals surface area (Å²) >= 11 is 0. The normalized spacial score (nSPS) is 10.8. The summed E-state index contributed by atoms with van der Waals surface area (Å²) in [5.74, 6) is 0.905. The summed E-state index contributed by atoms with van der Waals surface area (Å²) in [7, 11) is 0. The zero-order valence-corrected chi connectivity index (χ0v) is 12.3. The minimum Gasteiger partial charge on any atom is -0.370 e. The third kappa shape index (κ3) is 2.57. The topological polar surface area (TPSA) is 50.7 Å². The van der Waals surface area contributed by atoms with Gasteiger partial charge < -0.3 is 5.32 Å². The minimum atomic E-state index is 0.905. The van der Waals surface area contributed by atoms with Gasteiger partial charge in [-0.15, -0.1) is 0 Å². The van der Waals surface area contributed by atoms with Gasteiger partial charge in [-0.1, -0.05) is 25.1 Å². The molecular weight excluding hydrogens is 260 g/mol. The molecule has 3 rings (SSSR count). The molecule has 0 saturated carbocycles. The standard InChI is InChI=1S/C17H18N4/c1-3-8-19-17-12(2)16(20-11-21-17)14-6-4-5-13-7-9-18-10-15(13)14/h4-7,9-11H,3,8H2,1-2H3,(H,19,20,21). The molecule has 0 amide bonds. The summed E-state index contributed by atoms with van der Waals surface area (Å²) in [5.41, 5.74) is 3.13. The first-order valence-corrected chi connectivity index (χ1v) is 7.20. The van der Waals surface area contributed by atoms with E-state index in [0.717, 1.165) is 41.0 Å². The molecule has 0 saturated heterocycles. The summed E-state index contributed by atoms with van der Waals surface area (Å²) in [5, 5.41) is 5.64. The zero-order chi connectivity index (χ0) is 14.7. The number of hydrogen-bond acceptors (Lipinski definition) is 4. The van der Waals surface area contributed by atoms with Crippen LogP contribution in [0.5, 0.6) is 0 Å². The van der Waals surface area contributed by atoms with Gasteiger partial charge in [0.05, 0.1) is 5.69 Å². The fraction of sp³-hybridized carbons (Fsp3) is 0.235. The summed E-state index contributed by atoms with van der Waals surface area (Å²) in [6.45, 7) is 5.11. The fourth-order valence-electron chi connectivity index (χ4n) is 2.46. The summed E-state index contributed by atoms with van der Waals surface area (Å²) in [6.07, 6.45) is 6.39. The van der Waals surface area contributed by atoms with Crippen molar-refractivity contribution in [3.8, 4) is 11.3 Å². The van der Waals surface area contributed by atoms with E-state index in [1.54, 1.807) is 6.33 Å². The third-order valence-corrected chi connectivity index (χ3v) is 3.57. The van der Waals surface area contributed by atoms with Gasteiger partial charge in [-0.25, -0.2) is 9.97 Å². The maximum atomic E-state index is 4.49. The Labute approximate surface area is 124 Å². The molecule has 0 atom stereocenters. The number of benzene rings is 1. The summed E-state index contributed by atoms with van der Waals surface area (Å²) in [4.78, 5) is 13.1. The summed E-state index contributed by atoms with van der Waals surface area (Å²) < 4.78 is 0. The lowest BCUT2D eigenvalue weighted by atomic mass is 10.0. The van der Waals surface area contributed by atoms with Crippen LogP contribution in [0.1, 0.15) is 18.9 Å². The zero-order valence-electron chi connectivity index (χ0n) is 12.3. The van der Waals surface area contributed by atoms with Crippen LogP contribution in [0.2, 0.25) is 0 Å². The first kappa shape index (κ1) is 13.5. The van der Waals surface area contributed by atoms with Crippen molar-refractivity contribution < 1.29 is 0 Å². The van der Waals surface area contributed by atoms with Crippen LogP contribution < -0.4 is 5.32 Å². The Morgan fingerprint density at radius 1 is 1.14 bits per heavy atom. The molecule has 0 spiro atoms. The molecule has 0 aliphatic carbocycles. The number of hydrogen-bond donors (Lipinski definition) is 1. The van der Waals surface area contributed by atoms with Gasteiger partial charge in [-0.3, -0.25) is 4.98 Å². The molecule has 2 heterocycles. The number of aromatic nitrogens is 3. The SMILES string of the molecule is CCCNc1ncnc(-c2cccc3ccncc23)c1C. The predicted molar refractivity (Wildman–Crippen MR) is 86.3 cm³/mol. The van der Waals surface area contributed by atoms with E-state index >= 15 is 0 Å². The van der Waals surface area contributed by atoms with Gasteiger partial charge in [0.1, 0.15) is 12.1 Å². The molecule has 4 heteroatoms. The quantitative estimate of drug-likeness (QED) is 0.788. The Morgan fingerprint density at radius 2 is 2.05 bits per heavy atom. The average Bonchev–Trinajstić information content (AvgIpc) is 2.53. The van der Waals surface area contributed by atoms with Crippen LogP contribution in [-0.4, -0.2) is 21.5 Å². The van der Waals surface area contributed by atoms with Crippen molar-refractivity contribution in [2.75, 3.05) is 11.9 Å². The van der Waals surface area contributed by atoms with Gasteiger partial charge in [-0.2, -0.15) is 0 Å². The fourth-order valence-corrected chi connectivity index (χ4v) is 2.46. The van der Waals surface area contributed by atoms with Crippen LogP contribution in [0.3, 0.4) is 0 Å². The molecule has 0 fully saturated rings. The van der Waals surface area contributed by atoms with Crippen molar-refractivity contribution in [2.45, 2.75) is 20.3 Å². The molecule has 3 aromatic rings. The van der Waals surface area contributed by atoms with E-state index in [2.05, 4.69) is 52.3 Å². The second-order valence-electron chi connectivity index (χ2n) is 5.03. The van der Waals surface area contributed by atoms with E-state index < -0.39 is 0 Å². The Balaban J connectivity index is 2.15. The second kappa shape index (κ2) is 5.87. The number of fused-ring (bicyclic) bond motifs is 1. The molecule has 2 aromatic heterocycles. The van der Waals surface area contributed by atoms with Crippen LogP contribution in [0.4, 0.5) is 5.82 Å². The molecule has 1 N–H and O–H groups in total. The molecule has 0 bridgehead atoms. The molecule has 0 unspecified atom stereocenters. The third-order valence-electron chi connectivity index (χ3n) is 3.57. The van der Waals surface area contributed by atoms with Crippen LogP contribution in [0.15, 0.2) is 43.0 Å². The van der Waals surface area contributed by atoms with Crippen LogP contribution in [0.25, 0.3) is 22.0 Å². The summed E-state index contributed by atoms with van der Waals surface area (Å²) in [6, 6.07) is 8.25. The number of rotatable bonds is 4. The first-order chi connectivity index (χ1) is 10.3. The minimum absolute atomic E-state index is 0.905. The van der Waals surface area contributed by atoms with Gasteiger partial charge in [0.2, 0.25) is 0 Å². The smallest absolute Gasteiger partial charge is 0.132 e. The van der Waals surface area contributed by atoms with Gasteiger partial charge in [0.25, 0.3) is 0 Å². The molecule has 1 aromatic carbocycles. The Hall–Kier alpha value is -2.49. The lowest BCUT2D eigenvalue weighted by Gasteiger charge is -2.12. The van der Waals surface area contributed by atoms with E-state index in [1.807, 2.05) is 18.5 Å². The van der Waals surface area contributed by atoms with Gasteiger partial charge in [0.15, 0.2) is 0 Å². The van der Waals surface area contributed by atoms with Gasteiger partial charge in [0, 0.05) is 35.5 Å². The van der Waals surface area contributed by atoms with E-state index in [1.165, 1.54) is 5.39 Å². The number of nitrogens with one attached hydrogen (secondary N) is 1. The molecule has 106 valence electrons. The predicted octanol–water partition coefficient (Wildman–Crippen LogP) is 3.82. The molecule has 0 aliphatic rings. The molecular formula is C17H18N4. The largest absolute Gasteiger partial charge is 0.370 e. The van der Waals surface area contributed by atoms with Crippen LogP contribution in [-0.2, 0) is 0 Å². The first-order valence-electron chi connectivity index (χ1n) is 7.20. The second-order valence-corrected chi connectivity index (χ2v) is 5.03. The lowest BCUT2D eigenvalue weighted by Crippen LogP contribution is -2.05. The number of anilines is 1. The van der Waals surface area contributed by atoms with E-state index in [9.17, 15) is 0 Å². The molecule has 21 heavy (non-hydrogen) atoms. The maximum absolute atomic E-state index is 4.49. The Morgan fingerprint density at radius 3 is 2.90 bits per heavy atom. The highest BCUT2D eigenvalue weighted by Crippen LogP contribution is 2.30. The number of nitrogens with zero attached hydrogens (tertiary/aromatic N) is 3. The van der Waals surface area contributed by atoms with Crippen molar-refractivity contribution in [2.24, 2.45) is 0 Å². The molecule has 4 nitrogen and oxygen atoms in total. The van der Waals surface area contributed by atoms with Crippen LogP contribution in [0, 0.1) is 6.92 Å². The van der Waals surface area contributed by atoms with E-state index in [-0.39, 0.29) is 0 Å². The van der Waals surface area contributed by atoms with Crippen molar-refractivity contribution >= 4 is 16.6 Å². The monoisotopic (exact) mass is 278 g/mol. The van der Waals surface area contributed by atoms with Gasteiger partial charge in [-0.05, 0) is 24.8 Å². The average molecular weight is 278 g/mol. The molecule has 0 aliphatic heterocycles. The highest BCUT2D eigenvalue weighted by molar-refractivity contribution is 5.96. The highest BCUT2D eigenvalue weighted by Gasteiger charge is 2.11. The van der Waals surface area contributed by atoms with Crippen molar-refractivity contribution in [3.05, 3.63) is 48.5 Å². The lowest BCUT2D eigenvalue weighted by molar-refractivity contribution is 0.960. The Kier molecular flexibility index (Phi) is 3.77. The highest BCUT2D eigenvalue weighted by atomic mass is 15.0. The van der Waals surface area contributed by atoms with Crippen molar-refractivity contribution in [1.82, 2.24) is 15.0 Å². The molecule has 0 radical (unpaired) electrons. The van der Waals surface area contributed by atoms with E-state index in [0.29, 0.717) is 0 Å². The van der Waals surface area contributed by atoms with Crippen LogP contribution >= 0.6 is 0 Å². The number of pyridine rings is 1. The van der Waals surface area contributed by atoms with E-state index in [4.69, 9.17) is 0 Å². The van der Waals surface area contributed by atoms with Gasteiger partial charge >= 0.3 is 0 Å². The van der Waals surface area contributed by atoms with Crippen molar-refractivity contribution in [1.29, 1.82) is 0 Å². The Bertz CT molecular complexity index is 762. The van der Waals surface area contributed by atoms with Crippen molar-refractivity contribution in [3.63, 3.8) is 0 Å². The maximum Gasteiger partial charge on any atom is 0.132 e.